The molecule has 2 aliphatic rings. The maximum Gasteiger partial charge on any atom is 0.293 e. The molecule has 0 N–H and O–H groups in total. The first-order chi connectivity index (χ1) is 16.9. The minimum atomic E-state index is -0.338. The third-order valence-electron chi connectivity index (χ3n) is 6.71. The summed E-state index contributed by atoms with van der Waals surface area (Å²) in [6.45, 7) is 4.20. The van der Waals surface area contributed by atoms with Gasteiger partial charge in [-0.25, -0.2) is 0 Å². The van der Waals surface area contributed by atoms with Crippen molar-refractivity contribution in [1.82, 2.24) is 14.4 Å². The van der Waals surface area contributed by atoms with E-state index in [2.05, 4.69) is 6.92 Å². The Morgan fingerprint density at radius 1 is 1.09 bits per heavy atom. The van der Waals surface area contributed by atoms with Crippen LogP contribution < -0.4 is 0 Å². The van der Waals surface area contributed by atoms with E-state index in [1.165, 1.54) is 4.90 Å². The molecule has 35 heavy (non-hydrogen) atoms. The standard InChI is InChI=1S/C27H26ClN3O3S/c1-18-10-12-29(13-11-18)25(32)17-30-15-20(21-7-3-5-9-23(21)30)14-24-26(33)31(27(34)35-24)16-19-6-2-4-8-22(19)28/h2-9,14-15,18H,10-13,16-17H2,1H3/b24-14-. The van der Waals surface area contributed by atoms with Crippen LogP contribution in [0.25, 0.3) is 17.0 Å². The summed E-state index contributed by atoms with van der Waals surface area (Å²) in [5.74, 6) is 0.422. The summed E-state index contributed by atoms with van der Waals surface area (Å²) in [4.78, 5) is 42.2. The highest BCUT2D eigenvalue weighted by atomic mass is 35.5. The molecular formula is C27H26ClN3O3S. The number of fused-ring (bicyclic) bond motifs is 1. The van der Waals surface area contributed by atoms with E-state index in [4.69, 9.17) is 11.6 Å². The normalized spacial score (nSPS) is 18.3. The van der Waals surface area contributed by atoms with Crippen LogP contribution in [0.5, 0.6) is 0 Å². The first-order valence-electron chi connectivity index (χ1n) is 11.7. The number of likely N-dealkylation sites (tertiary alicyclic amines) is 1. The molecule has 0 unspecified atom stereocenters. The van der Waals surface area contributed by atoms with E-state index in [9.17, 15) is 14.4 Å². The van der Waals surface area contributed by atoms with Crippen molar-refractivity contribution in [3.63, 3.8) is 0 Å². The van der Waals surface area contributed by atoms with Gasteiger partial charge in [0.15, 0.2) is 0 Å². The lowest BCUT2D eigenvalue weighted by Gasteiger charge is -2.30. The Morgan fingerprint density at radius 3 is 2.57 bits per heavy atom. The molecule has 3 aromatic rings. The number of benzene rings is 2. The lowest BCUT2D eigenvalue weighted by Crippen LogP contribution is -2.39. The van der Waals surface area contributed by atoms with Crippen molar-refractivity contribution in [2.45, 2.75) is 32.9 Å². The Bertz CT molecular complexity index is 1340. The molecule has 0 radical (unpaired) electrons. The molecule has 0 spiro atoms. The van der Waals surface area contributed by atoms with E-state index in [0.29, 0.717) is 15.8 Å². The second-order valence-corrected chi connectivity index (χ2v) is 10.6. The summed E-state index contributed by atoms with van der Waals surface area (Å²) >= 11 is 7.16. The molecule has 3 amide bonds. The Balaban J connectivity index is 1.40. The molecule has 0 atom stereocenters. The molecule has 0 saturated carbocycles. The van der Waals surface area contributed by atoms with Gasteiger partial charge < -0.3 is 9.47 Å². The zero-order chi connectivity index (χ0) is 24.5. The Labute approximate surface area is 213 Å². The van der Waals surface area contributed by atoms with Gasteiger partial charge in [0.2, 0.25) is 5.91 Å². The zero-order valence-corrected chi connectivity index (χ0v) is 21.0. The quantitative estimate of drug-likeness (QED) is 0.410. The van der Waals surface area contributed by atoms with E-state index in [0.717, 1.165) is 59.7 Å². The van der Waals surface area contributed by atoms with Crippen LogP contribution in [0, 0.1) is 5.92 Å². The molecule has 2 aliphatic heterocycles. The van der Waals surface area contributed by atoms with Gasteiger partial charge in [0.1, 0.15) is 6.54 Å². The summed E-state index contributed by atoms with van der Waals surface area (Å²) in [5.41, 5.74) is 2.46. The molecule has 2 fully saturated rings. The monoisotopic (exact) mass is 507 g/mol. The number of aromatic nitrogens is 1. The van der Waals surface area contributed by atoms with Crippen LogP contribution in [0.1, 0.15) is 30.9 Å². The molecule has 2 aromatic carbocycles. The number of imide groups is 1. The predicted octanol–water partition coefficient (Wildman–Crippen LogP) is 5.79. The summed E-state index contributed by atoms with van der Waals surface area (Å²) in [7, 11) is 0. The number of rotatable bonds is 5. The molecule has 3 heterocycles. The first-order valence-corrected chi connectivity index (χ1v) is 12.9. The van der Waals surface area contributed by atoms with Gasteiger partial charge in [-0.05, 0) is 54.3 Å². The van der Waals surface area contributed by atoms with Crippen molar-refractivity contribution in [3.8, 4) is 0 Å². The van der Waals surface area contributed by atoms with Gasteiger partial charge in [-0.2, -0.15) is 0 Å². The van der Waals surface area contributed by atoms with E-state index < -0.39 is 0 Å². The van der Waals surface area contributed by atoms with Crippen molar-refractivity contribution in [1.29, 1.82) is 0 Å². The lowest BCUT2D eigenvalue weighted by atomic mass is 9.99. The number of para-hydroxylation sites is 1. The Hall–Kier alpha value is -3.03. The van der Waals surface area contributed by atoms with Crippen LogP contribution >= 0.6 is 23.4 Å². The number of carbonyl (C=O) groups is 3. The average molecular weight is 508 g/mol. The highest BCUT2D eigenvalue weighted by Crippen LogP contribution is 2.35. The van der Waals surface area contributed by atoms with Gasteiger partial charge >= 0.3 is 0 Å². The second-order valence-electron chi connectivity index (χ2n) is 9.15. The number of piperidine rings is 1. The highest BCUT2D eigenvalue weighted by Gasteiger charge is 2.35. The third kappa shape index (κ3) is 4.88. The number of hydrogen-bond acceptors (Lipinski definition) is 4. The van der Waals surface area contributed by atoms with E-state index in [1.54, 1.807) is 12.1 Å². The predicted molar refractivity (Wildman–Crippen MR) is 140 cm³/mol. The van der Waals surface area contributed by atoms with Crippen LogP contribution in [-0.2, 0) is 22.7 Å². The van der Waals surface area contributed by atoms with Crippen molar-refractivity contribution in [3.05, 3.63) is 75.8 Å². The van der Waals surface area contributed by atoms with Crippen LogP contribution in [0.2, 0.25) is 5.02 Å². The van der Waals surface area contributed by atoms with E-state index in [1.807, 2.05) is 58.1 Å². The van der Waals surface area contributed by atoms with Crippen molar-refractivity contribution in [2.75, 3.05) is 13.1 Å². The first kappa shape index (κ1) is 23.7. The number of nitrogens with zero attached hydrogens (tertiary/aromatic N) is 3. The fraction of sp³-hybridized carbons (Fsp3) is 0.296. The second kappa shape index (κ2) is 9.91. The molecule has 1 aromatic heterocycles. The van der Waals surface area contributed by atoms with Gasteiger partial charge in [0, 0.05) is 40.8 Å². The van der Waals surface area contributed by atoms with Crippen LogP contribution in [-0.4, -0.2) is 44.5 Å². The molecule has 5 rings (SSSR count). The van der Waals surface area contributed by atoms with Crippen molar-refractivity contribution < 1.29 is 14.4 Å². The summed E-state index contributed by atoms with van der Waals surface area (Å²) in [6.07, 6.45) is 5.72. The van der Waals surface area contributed by atoms with E-state index >= 15 is 0 Å². The van der Waals surface area contributed by atoms with Gasteiger partial charge in [0.25, 0.3) is 11.1 Å². The average Bonchev–Trinajstić information content (AvgIpc) is 3.32. The van der Waals surface area contributed by atoms with Crippen molar-refractivity contribution in [2.24, 2.45) is 5.92 Å². The zero-order valence-electron chi connectivity index (χ0n) is 19.4. The van der Waals surface area contributed by atoms with Gasteiger partial charge in [0.05, 0.1) is 11.4 Å². The molecule has 2 saturated heterocycles. The Kier molecular flexibility index (Phi) is 6.71. The van der Waals surface area contributed by atoms with E-state index in [-0.39, 0.29) is 30.1 Å². The maximum atomic E-state index is 13.1. The Morgan fingerprint density at radius 2 is 1.80 bits per heavy atom. The van der Waals surface area contributed by atoms with Crippen LogP contribution in [0.4, 0.5) is 4.79 Å². The van der Waals surface area contributed by atoms with Crippen molar-refractivity contribution >= 4 is 57.4 Å². The number of hydrogen-bond donors (Lipinski definition) is 0. The molecule has 0 bridgehead atoms. The summed E-state index contributed by atoms with van der Waals surface area (Å²) < 4.78 is 1.94. The fourth-order valence-electron chi connectivity index (χ4n) is 4.60. The minimum absolute atomic E-state index is 0.101. The topological polar surface area (TPSA) is 62.6 Å². The molecule has 6 nitrogen and oxygen atoms in total. The molecule has 8 heteroatoms. The molecule has 0 aliphatic carbocycles. The number of amides is 3. The van der Waals surface area contributed by atoms with Gasteiger partial charge in [-0.1, -0.05) is 54.9 Å². The minimum Gasteiger partial charge on any atom is -0.341 e. The lowest BCUT2D eigenvalue weighted by molar-refractivity contribution is -0.133. The smallest absolute Gasteiger partial charge is 0.293 e. The fourth-order valence-corrected chi connectivity index (χ4v) is 5.62. The largest absolute Gasteiger partial charge is 0.341 e. The number of thioether (sulfide) groups is 1. The maximum absolute atomic E-state index is 13.1. The third-order valence-corrected chi connectivity index (χ3v) is 7.98. The van der Waals surface area contributed by atoms with Gasteiger partial charge in [-0.3, -0.25) is 19.3 Å². The molecule has 180 valence electrons. The number of halogens is 1. The SMILES string of the molecule is CC1CCN(C(=O)Cn2cc(/C=C3\SC(=O)N(Cc4ccccc4Cl)C3=O)c3ccccc32)CC1. The van der Waals surface area contributed by atoms with Crippen LogP contribution in [0.3, 0.4) is 0 Å². The summed E-state index contributed by atoms with van der Waals surface area (Å²) in [6, 6.07) is 15.0. The van der Waals surface area contributed by atoms with Gasteiger partial charge in [-0.15, -0.1) is 0 Å². The number of carbonyl (C=O) groups excluding carboxylic acids is 3. The summed E-state index contributed by atoms with van der Waals surface area (Å²) in [5, 5.41) is 1.14. The molecular weight excluding hydrogens is 482 g/mol. The van der Waals surface area contributed by atoms with Crippen LogP contribution in [0.15, 0.2) is 59.6 Å². The highest BCUT2D eigenvalue weighted by molar-refractivity contribution is 8.18.